The molecule has 2 fully saturated rings. The van der Waals surface area contributed by atoms with Crippen LogP contribution in [0.1, 0.15) is 46.5 Å². The van der Waals surface area contributed by atoms with E-state index in [1.165, 1.54) is 58.4 Å². The van der Waals surface area contributed by atoms with Gasteiger partial charge < -0.3 is 10.2 Å². The summed E-state index contributed by atoms with van der Waals surface area (Å²) in [6.07, 6.45) is 5.71. The first-order valence-electron chi connectivity index (χ1n) is 8.17. The number of rotatable bonds is 5. The third kappa shape index (κ3) is 4.17. The molecule has 0 radical (unpaired) electrons. The predicted octanol–water partition coefficient (Wildman–Crippen LogP) is 2.18. The van der Waals surface area contributed by atoms with Crippen molar-refractivity contribution in [2.75, 3.05) is 39.8 Å². The number of piperazine rings is 1. The molecule has 1 N–H and O–H groups in total. The van der Waals surface area contributed by atoms with Gasteiger partial charge in [-0.3, -0.25) is 4.90 Å². The van der Waals surface area contributed by atoms with Gasteiger partial charge in [-0.25, -0.2) is 0 Å². The highest BCUT2D eigenvalue weighted by molar-refractivity contribution is 4.92. The molecule has 0 aromatic rings. The number of nitrogens with zero attached hydrogens (tertiary/aromatic N) is 2. The Morgan fingerprint density at radius 3 is 2.47 bits per heavy atom. The lowest BCUT2D eigenvalue weighted by molar-refractivity contribution is 0.0546. The van der Waals surface area contributed by atoms with Crippen molar-refractivity contribution in [1.29, 1.82) is 0 Å². The molecule has 19 heavy (non-hydrogen) atoms. The van der Waals surface area contributed by atoms with Crippen LogP contribution < -0.4 is 5.32 Å². The van der Waals surface area contributed by atoms with Crippen molar-refractivity contribution in [3.63, 3.8) is 0 Å². The Hall–Kier alpha value is -0.120. The van der Waals surface area contributed by atoms with Crippen LogP contribution in [0.15, 0.2) is 0 Å². The van der Waals surface area contributed by atoms with Crippen molar-refractivity contribution in [2.24, 2.45) is 5.41 Å². The van der Waals surface area contributed by atoms with Crippen LogP contribution in [0.25, 0.3) is 0 Å². The van der Waals surface area contributed by atoms with Gasteiger partial charge in [0.15, 0.2) is 0 Å². The zero-order valence-corrected chi connectivity index (χ0v) is 13.4. The molecule has 1 aliphatic carbocycles. The molecule has 0 aromatic carbocycles. The van der Waals surface area contributed by atoms with Crippen molar-refractivity contribution in [1.82, 2.24) is 15.1 Å². The minimum absolute atomic E-state index is 0.550. The first-order chi connectivity index (χ1) is 9.01. The van der Waals surface area contributed by atoms with Crippen LogP contribution in [0.2, 0.25) is 0 Å². The molecule has 0 aromatic heterocycles. The van der Waals surface area contributed by atoms with Crippen LogP contribution in [-0.2, 0) is 0 Å². The van der Waals surface area contributed by atoms with Gasteiger partial charge >= 0.3 is 0 Å². The van der Waals surface area contributed by atoms with E-state index in [1.54, 1.807) is 0 Å². The highest BCUT2D eigenvalue weighted by atomic mass is 15.3. The molecule has 2 rings (SSSR count). The van der Waals surface area contributed by atoms with E-state index >= 15 is 0 Å². The average molecular weight is 267 g/mol. The Morgan fingerprint density at radius 2 is 1.89 bits per heavy atom. The van der Waals surface area contributed by atoms with Crippen molar-refractivity contribution < 1.29 is 0 Å². The van der Waals surface area contributed by atoms with Crippen LogP contribution in [0.4, 0.5) is 0 Å². The van der Waals surface area contributed by atoms with Crippen molar-refractivity contribution in [3.05, 3.63) is 0 Å². The van der Waals surface area contributed by atoms with E-state index in [2.05, 4.69) is 42.9 Å². The molecule has 1 saturated carbocycles. The summed E-state index contributed by atoms with van der Waals surface area (Å²) >= 11 is 0. The quantitative estimate of drug-likeness (QED) is 0.824. The molecule has 112 valence electrons. The topological polar surface area (TPSA) is 18.5 Å². The van der Waals surface area contributed by atoms with Crippen molar-refractivity contribution in [3.8, 4) is 0 Å². The monoisotopic (exact) mass is 267 g/mol. The molecule has 1 heterocycles. The van der Waals surface area contributed by atoms with Gasteiger partial charge in [0.2, 0.25) is 0 Å². The molecule has 1 atom stereocenters. The Kier molecular flexibility index (Phi) is 5.27. The van der Waals surface area contributed by atoms with Gasteiger partial charge in [0, 0.05) is 44.8 Å². The van der Waals surface area contributed by atoms with Gasteiger partial charge in [-0.1, -0.05) is 26.7 Å². The summed E-state index contributed by atoms with van der Waals surface area (Å²) in [6, 6.07) is 1.33. The first kappa shape index (κ1) is 15.3. The summed E-state index contributed by atoms with van der Waals surface area (Å²) in [4.78, 5) is 5.21. The van der Waals surface area contributed by atoms with Crippen molar-refractivity contribution in [2.45, 2.75) is 58.5 Å². The summed E-state index contributed by atoms with van der Waals surface area (Å²) in [7, 11) is 2.25. The van der Waals surface area contributed by atoms with E-state index < -0.39 is 0 Å². The lowest BCUT2D eigenvalue weighted by Crippen LogP contribution is -2.54. The molecule has 1 saturated heterocycles. The van der Waals surface area contributed by atoms with Gasteiger partial charge in [0.1, 0.15) is 0 Å². The molecule has 0 bridgehead atoms. The minimum Gasteiger partial charge on any atom is -0.314 e. The zero-order valence-electron chi connectivity index (χ0n) is 13.4. The van der Waals surface area contributed by atoms with Gasteiger partial charge in [0.05, 0.1) is 0 Å². The maximum Gasteiger partial charge on any atom is 0.0195 e. The lowest BCUT2D eigenvalue weighted by Gasteiger charge is -2.43. The molecule has 1 aliphatic heterocycles. The van der Waals surface area contributed by atoms with Crippen LogP contribution in [0.5, 0.6) is 0 Å². The normalized spacial score (nSPS) is 29.2. The second kappa shape index (κ2) is 6.55. The Morgan fingerprint density at radius 1 is 1.21 bits per heavy atom. The Bertz CT molecular complexity index is 271. The molecule has 0 spiro atoms. The second-order valence-corrected chi connectivity index (χ2v) is 7.32. The highest BCUT2D eigenvalue weighted by Crippen LogP contribution is 2.39. The molecular weight excluding hydrogens is 234 g/mol. The van der Waals surface area contributed by atoms with Crippen LogP contribution in [0, 0.1) is 5.41 Å². The largest absolute Gasteiger partial charge is 0.314 e. The second-order valence-electron chi connectivity index (χ2n) is 7.32. The van der Waals surface area contributed by atoms with Gasteiger partial charge in [-0.05, 0) is 32.2 Å². The predicted molar refractivity (Wildman–Crippen MR) is 82.6 cm³/mol. The summed E-state index contributed by atoms with van der Waals surface area (Å²) < 4.78 is 0. The summed E-state index contributed by atoms with van der Waals surface area (Å²) in [5, 5.41) is 3.70. The average Bonchev–Trinajstić information content (AvgIpc) is 2.80. The van der Waals surface area contributed by atoms with E-state index in [0.29, 0.717) is 11.5 Å². The number of hydrogen-bond donors (Lipinski definition) is 1. The van der Waals surface area contributed by atoms with E-state index in [4.69, 9.17) is 0 Å². The fourth-order valence-corrected chi connectivity index (χ4v) is 3.78. The SMILES string of the molecule is CC(C)NCC1(CN2CCN(C)CC2C)CCCC1. The Labute approximate surface area is 119 Å². The fraction of sp³-hybridized carbons (Fsp3) is 1.00. The smallest absolute Gasteiger partial charge is 0.0195 e. The summed E-state index contributed by atoms with van der Waals surface area (Å²) in [6.45, 7) is 13.2. The van der Waals surface area contributed by atoms with E-state index in [9.17, 15) is 0 Å². The standard InChI is InChI=1S/C16H33N3/c1-14(2)17-12-16(7-5-6-8-16)13-19-10-9-18(4)11-15(19)3/h14-15,17H,5-13H2,1-4H3. The summed E-state index contributed by atoms with van der Waals surface area (Å²) in [5.74, 6) is 0. The molecular formula is C16H33N3. The third-order valence-electron chi connectivity index (χ3n) is 5.06. The lowest BCUT2D eigenvalue weighted by atomic mass is 9.84. The van der Waals surface area contributed by atoms with Gasteiger partial charge in [-0.2, -0.15) is 0 Å². The van der Waals surface area contributed by atoms with Crippen LogP contribution >= 0.6 is 0 Å². The molecule has 1 unspecified atom stereocenters. The zero-order chi connectivity index (χ0) is 13.9. The molecule has 3 heteroatoms. The van der Waals surface area contributed by atoms with Gasteiger partial charge in [-0.15, -0.1) is 0 Å². The fourth-order valence-electron chi connectivity index (χ4n) is 3.78. The van der Waals surface area contributed by atoms with Crippen molar-refractivity contribution >= 4 is 0 Å². The maximum absolute atomic E-state index is 3.70. The molecule has 2 aliphatic rings. The molecule has 0 amide bonds. The van der Waals surface area contributed by atoms with Crippen LogP contribution in [-0.4, -0.2) is 61.7 Å². The number of likely N-dealkylation sites (N-methyl/N-ethyl adjacent to an activating group) is 1. The van der Waals surface area contributed by atoms with Gasteiger partial charge in [0.25, 0.3) is 0 Å². The van der Waals surface area contributed by atoms with E-state index in [1.807, 2.05) is 0 Å². The van der Waals surface area contributed by atoms with Crippen LogP contribution in [0.3, 0.4) is 0 Å². The third-order valence-corrected chi connectivity index (χ3v) is 5.06. The number of nitrogens with one attached hydrogen (secondary N) is 1. The minimum atomic E-state index is 0.550. The summed E-state index contributed by atoms with van der Waals surface area (Å²) in [5.41, 5.74) is 0.550. The highest BCUT2D eigenvalue weighted by Gasteiger charge is 2.37. The Balaban J connectivity index is 1.92. The number of hydrogen-bond acceptors (Lipinski definition) is 3. The molecule has 3 nitrogen and oxygen atoms in total. The first-order valence-corrected chi connectivity index (χ1v) is 8.17. The van der Waals surface area contributed by atoms with E-state index in [-0.39, 0.29) is 0 Å². The maximum atomic E-state index is 3.70. The van der Waals surface area contributed by atoms with E-state index in [0.717, 1.165) is 6.04 Å².